The van der Waals surface area contributed by atoms with Gasteiger partial charge in [0.05, 0.1) is 47.1 Å². The number of morpholine rings is 1. The average Bonchev–Trinajstić information content (AvgIpc) is 3.63. The number of benzene rings is 3. The highest BCUT2D eigenvalue weighted by Crippen LogP contribution is 2.38. The van der Waals surface area contributed by atoms with E-state index in [4.69, 9.17) is 14.7 Å². The van der Waals surface area contributed by atoms with Crippen molar-refractivity contribution >= 4 is 44.3 Å². The Morgan fingerprint density at radius 1 is 0.865 bits per heavy atom. The van der Waals surface area contributed by atoms with Crippen LogP contribution in [-0.2, 0) is 14.8 Å². The quantitative estimate of drug-likeness (QED) is 0.156. The van der Waals surface area contributed by atoms with Crippen LogP contribution in [0.3, 0.4) is 0 Å². The van der Waals surface area contributed by atoms with E-state index >= 15 is 4.39 Å². The van der Waals surface area contributed by atoms with Crippen molar-refractivity contribution in [2.24, 2.45) is 4.99 Å². The topological polar surface area (TPSA) is 109 Å². The predicted octanol–water partition coefficient (Wildman–Crippen LogP) is 8.41. The zero-order chi connectivity index (χ0) is 36.1. The maximum Gasteiger partial charge on any atom is 0.267 e. The normalized spacial score (nSPS) is 17.9. The summed E-state index contributed by atoms with van der Waals surface area (Å²) in [5, 5.41) is 3.97. The zero-order valence-corrected chi connectivity index (χ0v) is 29.4. The number of thiazole rings is 1. The molecule has 2 N–H and O–H groups in total. The predicted molar refractivity (Wildman–Crippen MR) is 199 cm³/mol. The summed E-state index contributed by atoms with van der Waals surface area (Å²) < 4.78 is 79.1. The van der Waals surface area contributed by atoms with Crippen LogP contribution in [0.1, 0.15) is 24.1 Å². The van der Waals surface area contributed by atoms with Crippen molar-refractivity contribution in [3.8, 4) is 21.8 Å². The van der Waals surface area contributed by atoms with E-state index in [1.807, 2.05) is 65.4 Å². The third kappa shape index (κ3) is 7.78. The van der Waals surface area contributed by atoms with Crippen molar-refractivity contribution < 1.29 is 26.3 Å². The lowest BCUT2D eigenvalue weighted by molar-refractivity contribution is 0.122. The van der Waals surface area contributed by atoms with Gasteiger partial charge in [-0.15, -0.1) is 11.3 Å². The van der Waals surface area contributed by atoms with Crippen LogP contribution in [0.15, 0.2) is 119 Å². The van der Waals surface area contributed by atoms with E-state index in [2.05, 4.69) is 15.2 Å². The van der Waals surface area contributed by atoms with Crippen LogP contribution in [0.25, 0.3) is 21.8 Å². The van der Waals surface area contributed by atoms with E-state index in [1.54, 1.807) is 6.20 Å². The lowest BCUT2D eigenvalue weighted by Gasteiger charge is -2.27. The number of aromatic nitrogens is 2. The van der Waals surface area contributed by atoms with Crippen molar-refractivity contribution in [1.82, 2.24) is 9.97 Å². The van der Waals surface area contributed by atoms with Gasteiger partial charge in [-0.3, -0.25) is 4.72 Å². The van der Waals surface area contributed by atoms with Gasteiger partial charge < -0.3 is 15.0 Å². The Hall–Kier alpha value is -5.31. The molecule has 1 saturated heterocycles. The smallest absolute Gasteiger partial charge is 0.267 e. The summed E-state index contributed by atoms with van der Waals surface area (Å²) in [5.74, 6) is -2.15. The third-order valence-electron chi connectivity index (χ3n) is 8.35. The average molecular weight is 743 g/mol. The maximum absolute atomic E-state index is 16.5. The van der Waals surface area contributed by atoms with Crippen molar-refractivity contribution in [2.75, 3.05) is 41.2 Å². The van der Waals surface area contributed by atoms with E-state index in [9.17, 15) is 17.2 Å². The highest BCUT2D eigenvalue weighted by Gasteiger charge is 2.27. The van der Waals surface area contributed by atoms with Gasteiger partial charge in [-0.25, -0.2) is 36.5 Å². The molecule has 52 heavy (non-hydrogen) atoms. The van der Waals surface area contributed by atoms with Crippen molar-refractivity contribution in [1.29, 1.82) is 0 Å². The molecule has 2 aliphatic rings. The van der Waals surface area contributed by atoms with Crippen molar-refractivity contribution in [3.63, 3.8) is 0 Å². The molecule has 2 aliphatic heterocycles. The van der Waals surface area contributed by atoms with Crippen LogP contribution in [-0.4, -0.2) is 50.4 Å². The molecule has 0 radical (unpaired) electrons. The molecule has 266 valence electrons. The summed E-state index contributed by atoms with van der Waals surface area (Å²) in [7, 11) is -4.85. The fourth-order valence-corrected chi connectivity index (χ4v) is 8.04. The maximum atomic E-state index is 16.5. The first-order valence-corrected chi connectivity index (χ1v) is 18.9. The summed E-state index contributed by atoms with van der Waals surface area (Å²) in [6.07, 6.45) is 10.0. The van der Waals surface area contributed by atoms with Gasteiger partial charge in [0.15, 0.2) is 10.7 Å². The molecule has 2 aromatic heterocycles. The fraction of sp³-hybridized carbons (Fsp3) is 0.184. The van der Waals surface area contributed by atoms with E-state index in [0.29, 0.717) is 34.6 Å². The van der Waals surface area contributed by atoms with Gasteiger partial charge in [0, 0.05) is 24.2 Å². The molecular weight excluding hydrogens is 710 g/mol. The minimum Gasteiger partial charge on any atom is -0.378 e. The molecule has 1 fully saturated rings. The van der Waals surface area contributed by atoms with Gasteiger partial charge in [0.2, 0.25) is 0 Å². The van der Waals surface area contributed by atoms with Gasteiger partial charge in [-0.05, 0) is 67.8 Å². The zero-order valence-electron chi connectivity index (χ0n) is 27.7. The Labute approximate surface area is 303 Å². The summed E-state index contributed by atoms with van der Waals surface area (Å²) in [4.78, 5) is 16.0. The number of nitrogens with one attached hydrogen (secondary N) is 2. The number of halogens is 3. The number of aliphatic imine (C=N–C) groups is 1. The fourth-order valence-electron chi connectivity index (χ4n) is 5.78. The SMILES string of the molecule is O=S(=O)(Nc1cccc(-c2nc(-c3ccccc3)sc2C2=N/C(Nc3ccc(N4CCOCC4)nc3)=C/CCC/C=C\2)c1F)c1c(F)cccc1F. The van der Waals surface area contributed by atoms with Crippen LogP contribution in [0, 0.1) is 17.5 Å². The first-order valence-electron chi connectivity index (χ1n) is 16.6. The summed E-state index contributed by atoms with van der Waals surface area (Å²) in [6, 6.07) is 20.1. The second-order valence-corrected chi connectivity index (χ2v) is 14.6. The number of ether oxygens (including phenoxy) is 1. The lowest BCUT2D eigenvalue weighted by atomic mass is 10.1. The molecule has 0 spiro atoms. The summed E-state index contributed by atoms with van der Waals surface area (Å²) in [5.41, 5.74) is 1.73. The Bertz CT molecular complexity index is 2250. The van der Waals surface area contributed by atoms with Gasteiger partial charge >= 0.3 is 0 Å². The van der Waals surface area contributed by atoms with Crippen LogP contribution in [0.4, 0.5) is 30.4 Å². The minimum absolute atomic E-state index is 0.0278. The minimum atomic E-state index is -4.85. The molecule has 3 aromatic carbocycles. The molecule has 7 rings (SSSR count). The van der Waals surface area contributed by atoms with E-state index in [-0.39, 0.29) is 11.3 Å². The van der Waals surface area contributed by atoms with Gasteiger partial charge in [0.25, 0.3) is 10.0 Å². The Morgan fingerprint density at radius 2 is 1.63 bits per heavy atom. The number of hydrogen-bond acceptors (Lipinski definition) is 9. The number of allylic oxidation sites excluding steroid dienone is 3. The molecule has 0 saturated carbocycles. The molecule has 0 aliphatic carbocycles. The molecule has 0 bridgehead atoms. The highest BCUT2D eigenvalue weighted by atomic mass is 32.2. The molecule has 0 unspecified atom stereocenters. The van der Waals surface area contributed by atoms with Crippen LogP contribution >= 0.6 is 11.3 Å². The monoisotopic (exact) mass is 742 g/mol. The van der Waals surface area contributed by atoms with Crippen molar-refractivity contribution in [2.45, 2.75) is 24.2 Å². The molecule has 9 nitrogen and oxygen atoms in total. The van der Waals surface area contributed by atoms with Crippen LogP contribution in [0.2, 0.25) is 0 Å². The lowest BCUT2D eigenvalue weighted by Crippen LogP contribution is -2.36. The Balaban J connectivity index is 1.28. The molecule has 0 amide bonds. The molecule has 5 aromatic rings. The number of pyridine rings is 1. The standard InChI is InChI=1S/C38H33F3N6O3S2/c39-28-13-9-14-29(40)37(28)52(48,49)46-30-16-8-12-27(34(30)41)35-36(51-38(45-35)25-10-4-3-5-11-25)31-15-6-1-2-7-17-32(44-31)43-26-18-19-33(42-24-26)47-20-22-50-23-21-47/h3-6,8-19,24,43,46H,1-2,7,20-23H2/b15-6-,32-17+,44-31+. The number of sulfonamides is 1. The number of nitrogens with zero attached hydrogens (tertiary/aromatic N) is 4. The van der Waals surface area contributed by atoms with Gasteiger partial charge in [0.1, 0.15) is 28.3 Å². The van der Waals surface area contributed by atoms with Gasteiger partial charge in [-0.1, -0.05) is 48.5 Å². The van der Waals surface area contributed by atoms with E-state index in [0.717, 1.165) is 67.6 Å². The number of anilines is 3. The Kier molecular flexibility index (Phi) is 10.5. The first-order chi connectivity index (χ1) is 25.3. The highest BCUT2D eigenvalue weighted by molar-refractivity contribution is 7.92. The summed E-state index contributed by atoms with van der Waals surface area (Å²) >= 11 is 1.31. The molecule has 0 atom stereocenters. The van der Waals surface area contributed by atoms with Crippen molar-refractivity contribution in [3.05, 3.63) is 131 Å². The van der Waals surface area contributed by atoms with E-state index in [1.165, 1.54) is 29.5 Å². The molecule has 14 heteroatoms. The number of hydrogen-bond donors (Lipinski definition) is 2. The van der Waals surface area contributed by atoms with Gasteiger partial charge in [-0.2, -0.15) is 0 Å². The van der Waals surface area contributed by atoms with Crippen LogP contribution < -0.4 is 14.9 Å². The molecular formula is C38H33F3N6O3S2. The Morgan fingerprint density at radius 3 is 2.38 bits per heavy atom. The van der Waals surface area contributed by atoms with Crippen LogP contribution in [0.5, 0.6) is 0 Å². The summed E-state index contributed by atoms with van der Waals surface area (Å²) in [6.45, 7) is 2.85. The number of rotatable bonds is 9. The van der Waals surface area contributed by atoms with E-state index < -0.39 is 38.1 Å². The molecule has 4 heterocycles. The first kappa shape index (κ1) is 35.1. The second-order valence-electron chi connectivity index (χ2n) is 11.9. The third-order valence-corrected chi connectivity index (χ3v) is 10.9. The second kappa shape index (κ2) is 15.5. The largest absolute Gasteiger partial charge is 0.378 e.